The number of carbonyl (C=O) groups is 1. The van der Waals surface area contributed by atoms with Gasteiger partial charge in [-0.3, -0.25) is 4.79 Å². The van der Waals surface area contributed by atoms with Gasteiger partial charge in [0.05, 0.1) is 17.9 Å². The average molecular weight is 388 g/mol. The highest BCUT2D eigenvalue weighted by Gasteiger charge is 2.20. The fraction of sp³-hybridized carbons (Fsp3) is 0.409. The van der Waals surface area contributed by atoms with Crippen molar-refractivity contribution in [2.24, 2.45) is 0 Å². The third-order valence-electron chi connectivity index (χ3n) is 4.43. The minimum atomic E-state index is 0.0101. The van der Waals surface area contributed by atoms with Gasteiger partial charge in [0.1, 0.15) is 18.1 Å². The van der Waals surface area contributed by atoms with Crippen LogP contribution in [0.15, 0.2) is 36.4 Å². The van der Waals surface area contributed by atoms with Crippen LogP contribution in [-0.4, -0.2) is 24.6 Å². The van der Waals surface area contributed by atoms with E-state index in [-0.39, 0.29) is 5.24 Å². The second kappa shape index (κ2) is 10.3. The molecule has 0 heterocycles. The van der Waals surface area contributed by atoms with Gasteiger partial charge < -0.3 is 14.4 Å². The Morgan fingerprint density at radius 2 is 1.85 bits per heavy atom. The summed E-state index contributed by atoms with van der Waals surface area (Å²) in [6, 6.07) is 12.1. The molecule has 2 aromatic rings. The summed E-state index contributed by atoms with van der Waals surface area (Å²) >= 11 is 1.21. The Balaban J connectivity index is 2.36. The van der Waals surface area contributed by atoms with Crippen molar-refractivity contribution in [2.45, 2.75) is 40.7 Å². The first kappa shape index (κ1) is 21.2. The van der Waals surface area contributed by atoms with Crippen LogP contribution in [0.3, 0.4) is 0 Å². The van der Waals surface area contributed by atoms with Crippen molar-refractivity contribution in [1.82, 2.24) is 0 Å². The number of aryl methyl sites for hydroxylation is 2. The third-order valence-corrected chi connectivity index (χ3v) is 5.00. The van der Waals surface area contributed by atoms with Gasteiger partial charge in [-0.1, -0.05) is 36.9 Å². The van der Waals surface area contributed by atoms with Crippen LogP contribution in [-0.2, 0) is 13.0 Å². The molecule has 2 aromatic carbocycles. The lowest BCUT2D eigenvalue weighted by Gasteiger charge is -2.24. The van der Waals surface area contributed by atoms with E-state index in [0.717, 1.165) is 34.7 Å². The fourth-order valence-corrected chi connectivity index (χ4v) is 3.44. The van der Waals surface area contributed by atoms with Gasteiger partial charge in [-0.2, -0.15) is 0 Å². The third kappa shape index (κ3) is 5.19. The van der Waals surface area contributed by atoms with Crippen LogP contribution in [0.1, 0.15) is 37.5 Å². The lowest BCUT2D eigenvalue weighted by atomic mass is 10.1. The molecule has 1 amide bonds. The van der Waals surface area contributed by atoms with Gasteiger partial charge in [-0.25, -0.2) is 0 Å². The Morgan fingerprint density at radius 1 is 1.07 bits per heavy atom. The highest BCUT2D eigenvalue weighted by molar-refractivity contribution is 8.13. The summed E-state index contributed by atoms with van der Waals surface area (Å²) in [5, 5.41) is 0.0101. The summed E-state index contributed by atoms with van der Waals surface area (Å²) in [4.78, 5) is 14.1. The number of amides is 1. The van der Waals surface area contributed by atoms with Crippen LogP contribution < -0.4 is 14.4 Å². The first-order valence-corrected chi connectivity index (χ1v) is 10.6. The standard InChI is InChI=1S/C22H29NO3S/c1-6-17-12-13-20(16(4)14-17)26-15-18-19(23(7-2)22(24)27-5)10-9-11-21(18)25-8-3/h9-14H,6-8,15H2,1-5H3. The van der Waals surface area contributed by atoms with Gasteiger partial charge in [-0.05, 0) is 62.8 Å². The Bertz CT molecular complexity index is 776. The van der Waals surface area contributed by atoms with Crippen LogP contribution in [0.4, 0.5) is 10.5 Å². The van der Waals surface area contributed by atoms with Gasteiger partial charge >= 0.3 is 0 Å². The topological polar surface area (TPSA) is 38.8 Å². The van der Waals surface area contributed by atoms with E-state index in [4.69, 9.17) is 9.47 Å². The molecule has 27 heavy (non-hydrogen) atoms. The molecule has 4 nitrogen and oxygen atoms in total. The van der Waals surface area contributed by atoms with Crippen molar-refractivity contribution >= 4 is 22.7 Å². The van der Waals surface area contributed by atoms with Crippen molar-refractivity contribution in [3.05, 3.63) is 53.1 Å². The first-order chi connectivity index (χ1) is 13.0. The minimum absolute atomic E-state index is 0.0101. The normalized spacial score (nSPS) is 10.6. The van der Waals surface area contributed by atoms with Crippen LogP contribution in [0.25, 0.3) is 0 Å². The predicted molar refractivity (Wildman–Crippen MR) is 114 cm³/mol. The molecule has 0 aliphatic rings. The predicted octanol–water partition coefficient (Wildman–Crippen LogP) is 5.84. The smallest absolute Gasteiger partial charge is 0.285 e. The average Bonchev–Trinajstić information content (AvgIpc) is 2.68. The number of hydrogen-bond acceptors (Lipinski definition) is 4. The Hall–Kier alpha value is -2.14. The summed E-state index contributed by atoms with van der Waals surface area (Å²) in [6.07, 6.45) is 2.80. The molecule has 0 bridgehead atoms. The summed E-state index contributed by atoms with van der Waals surface area (Å²) < 4.78 is 11.9. The maximum Gasteiger partial charge on any atom is 0.285 e. The second-order valence-electron chi connectivity index (χ2n) is 6.14. The van der Waals surface area contributed by atoms with Gasteiger partial charge in [0.25, 0.3) is 5.24 Å². The van der Waals surface area contributed by atoms with Crippen molar-refractivity contribution in [1.29, 1.82) is 0 Å². The Morgan fingerprint density at radius 3 is 2.44 bits per heavy atom. The number of carbonyl (C=O) groups excluding carboxylic acids is 1. The molecule has 0 N–H and O–H groups in total. The molecule has 0 radical (unpaired) electrons. The minimum Gasteiger partial charge on any atom is -0.493 e. The van der Waals surface area contributed by atoms with Gasteiger partial charge in [0.2, 0.25) is 0 Å². The molecule has 0 atom stereocenters. The quantitative estimate of drug-likeness (QED) is 0.570. The van der Waals surface area contributed by atoms with E-state index in [9.17, 15) is 4.79 Å². The van der Waals surface area contributed by atoms with Crippen LogP contribution in [0.5, 0.6) is 11.5 Å². The lowest BCUT2D eigenvalue weighted by Crippen LogP contribution is -2.28. The molecule has 5 heteroatoms. The molecular weight excluding hydrogens is 358 g/mol. The molecule has 0 saturated heterocycles. The number of hydrogen-bond donors (Lipinski definition) is 0. The van der Waals surface area contributed by atoms with Crippen molar-refractivity contribution in [3.63, 3.8) is 0 Å². The highest BCUT2D eigenvalue weighted by atomic mass is 32.2. The summed E-state index contributed by atoms with van der Waals surface area (Å²) in [5.74, 6) is 1.61. The SMILES string of the molecule is CCOc1cccc(N(CC)C(=O)SC)c1COc1ccc(CC)cc1C. The van der Waals surface area contributed by atoms with Crippen LogP contribution in [0.2, 0.25) is 0 Å². The number of rotatable bonds is 8. The van der Waals surface area contributed by atoms with Crippen molar-refractivity contribution in [3.8, 4) is 11.5 Å². The van der Waals surface area contributed by atoms with Crippen LogP contribution in [0, 0.1) is 6.92 Å². The Labute approximate surface area is 166 Å². The first-order valence-electron chi connectivity index (χ1n) is 9.38. The molecule has 0 aromatic heterocycles. The monoisotopic (exact) mass is 387 g/mol. The van der Waals surface area contributed by atoms with E-state index in [2.05, 4.69) is 26.0 Å². The number of nitrogens with zero attached hydrogens (tertiary/aromatic N) is 1. The van der Waals surface area contributed by atoms with E-state index in [0.29, 0.717) is 19.8 Å². The number of anilines is 1. The van der Waals surface area contributed by atoms with Gasteiger partial charge in [0, 0.05) is 6.54 Å². The van der Waals surface area contributed by atoms with E-state index < -0.39 is 0 Å². The second-order valence-corrected chi connectivity index (χ2v) is 6.90. The molecule has 2 rings (SSSR count). The molecule has 0 aliphatic heterocycles. The van der Waals surface area contributed by atoms with Gasteiger partial charge in [-0.15, -0.1) is 0 Å². The summed E-state index contributed by atoms with van der Waals surface area (Å²) in [6.45, 7) is 9.61. The molecule has 0 fully saturated rings. The number of thioether (sulfide) groups is 1. The number of benzene rings is 2. The molecular formula is C22H29NO3S. The summed E-state index contributed by atoms with van der Waals surface area (Å²) in [7, 11) is 0. The lowest BCUT2D eigenvalue weighted by molar-refractivity contribution is 0.264. The molecule has 0 aliphatic carbocycles. The highest BCUT2D eigenvalue weighted by Crippen LogP contribution is 2.33. The van der Waals surface area contributed by atoms with Crippen molar-refractivity contribution in [2.75, 3.05) is 24.3 Å². The Kier molecular flexibility index (Phi) is 8.04. The zero-order valence-corrected chi connectivity index (χ0v) is 17.7. The van der Waals surface area contributed by atoms with E-state index in [1.807, 2.05) is 38.1 Å². The maximum atomic E-state index is 12.4. The van der Waals surface area contributed by atoms with Crippen molar-refractivity contribution < 1.29 is 14.3 Å². The summed E-state index contributed by atoms with van der Waals surface area (Å²) in [5.41, 5.74) is 4.13. The fourth-order valence-electron chi connectivity index (χ4n) is 2.99. The molecule has 0 saturated carbocycles. The van der Waals surface area contributed by atoms with Crippen LogP contribution >= 0.6 is 11.8 Å². The van der Waals surface area contributed by atoms with E-state index >= 15 is 0 Å². The largest absolute Gasteiger partial charge is 0.493 e. The maximum absolute atomic E-state index is 12.4. The van der Waals surface area contributed by atoms with E-state index in [1.165, 1.54) is 17.3 Å². The zero-order valence-electron chi connectivity index (χ0n) is 16.9. The zero-order chi connectivity index (χ0) is 19.8. The molecule has 0 unspecified atom stereocenters. The van der Waals surface area contributed by atoms with E-state index in [1.54, 1.807) is 11.2 Å². The number of ether oxygens (including phenoxy) is 2. The molecule has 146 valence electrons. The van der Waals surface area contributed by atoms with Gasteiger partial charge in [0.15, 0.2) is 0 Å². The molecule has 0 spiro atoms.